The third kappa shape index (κ3) is 3.42. The Morgan fingerprint density at radius 1 is 1.40 bits per heavy atom. The molecule has 2 rings (SSSR count). The monoisotopic (exact) mass is 277 g/mol. The smallest absolute Gasteiger partial charge is 0.253 e. The van der Waals surface area contributed by atoms with Gasteiger partial charge in [-0.3, -0.25) is 4.79 Å². The van der Waals surface area contributed by atoms with Gasteiger partial charge in [0.15, 0.2) is 0 Å². The molecule has 1 aromatic rings. The van der Waals surface area contributed by atoms with Crippen LogP contribution in [0, 0.1) is 5.92 Å². The molecule has 0 heterocycles. The van der Waals surface area contributed by atoms with Crippen LogP contribution in [0.1, 0.15) is 43.0 Å². The highest BCUT2D eigenvalue weighted by Crippen LogP contribution is 2.31. The number of hydrogen-bond donors (Lipinski definition) is 4. The van der Waals surface area contributed by atoms with Crippen molar-refractivity contribution in [3.8, 4) is 0 Å². The van der Waals surface area contributed by atoms with Gasteiger partial charge in [0.2, 0.25) is 0 Å². The van der Waals surface area contributed by atoms with Crippen molar-refractivity contribution in [2.45, 2.75) is 38.2 Å². The van der Waals surface area contributed by atoms with Crippen molar-refractivity contribution in [1.29, 1.82) is 0 Å². The summed E-state index contributed by atoms with van der Waals surface area (Å²) in [5, 5.41) is 13.2. The summed E-state index contributed by atoms with van der Waals surface area (Å²) >= 11 is 0. The lowest BCUT2D eigenvalue weighted by molar-refractivity contribution is -0.00539. The number of nitrogens with two attached hydrogens (primary N) is 2. The molecule has 0 saturated heterocycles. The van der Waals surface area contributed by atoms with Crippen LogP contribution in [-0.2, 0) is 0 Å². The van der Waals surface area contributed by atoms with Crippen molar-refractivity contribution in [3.05, 3.63) is 23.8 Å². The molecule has 6 N–H and O–H groups in total. The summed E-state index contributed by atoms with van der Waals surface area (Å²) < 4.78 is 0. The molecule has 1 fully saturated rings. The van der Waals surface area contributed by atoms with Crippen LogP contribution in [0.5, 0.6) is 0 Å². The molecule has 0 radical (unpaired) electrons. The molecule has 5 nitrogen and oxygen atoms in total. The molecule has 1 aliphatic carbocycles. The first kappa shape index (κ1) is 14.7. The van der Waals surface area contributed by atoms with Gasteiger partial charge in [-0.15, -0.1) is 0 Å². The lowest BCUT2D eigenvalue weighted by Crippen LogP contribution is -2.45. The van der Waals surface area contributed by atoms with Gasteiger partial charge in [-0.2, -0.15) is 0 Å². The minimum Gasteiger partial charge on any atom is -0.399 e. The van der Waals surface area contributed by atoms with Crippen LogP contribution in [0.3, 0.4) is 0 Å². The van der Waals surface area contributed by atoms with Crippen molar-refractivity contribution in [3.63, 3.8) is 0 Å². The van der Waals surface area contributed by atoms with Gasteiger partial charge in [-0.1, -0.05) is 6.92 Å². The van der Waals surface area contributed by atoms with Crippen molar-refractivity contribution in [1.82, 2.24) is 5.32 Å². The highest BCUT2D eigenvalue weighted by molar-refractivity contribution is 5.99. The third-order valence-electron chi connectivity index (χ3n) is 4.10. The summed E-state index contributed by atoms with van der Waals surface area (Å²) in [6.07, 6.45) is 3.45. The maximum absolute atomic E-state index is 12.1. The first-order valence-electron chi connectivity index (χ1n) is 7.05. The number of anilines is 2. The number of nitrogens with one attached hydrogen (secondary N) is 1. The molecule has 5 heteroatoms. The molecule has 110 valence electrons. The quantitative estimate of drug-likeness (QED) is 0.629. The highest BCUT2D eigenvalue weighted by atomic mass is 16.3. The maximum atomic E-state index is 12.1. The second-order valence-electron chi connectivity index (χ2n) is 5.94. The van der Waals surface area contributed by atoms with Gasteiger partial charge < -0.3 is 21.9 Å². The Morgan fingerprint density at radius 2 is 2.05 bits per heavy atom. The molecule has 0 unspecified atom stereocenters. The van der Waals surface area contributed by atoms with Crippen LogP contribution >= 0.6 is 0 Å². The van der Waals surface area contributed by atoms with Crippen LogP contribution in [-0.4, -0.2) is 23.2 Å². The average Bonchev–Trinajstić information content (AvgIpc) is 2.40. The van der Waals surface area contributed by atoms with Gasteiger partial charge in [-0.05, 0) is 49.8 Å². The number of aliphatic hydroxyl groups is 1. The predicted molar refractivity (Wildman–Crippen MR) is 80.2 cm³/mol. The molecular weight excluding hydrogens is 254 g/mol. The molecule has 0 aliphatic heterocycles. The fourth-order valence-corrected chi connectivity index (χ4v) is 2.60. The van der Waals surface area contributed by atoms with E-state index in [0.29, 0.717) is 22.9 Å². The van der Waals surface area contributed by atoms with E-state index >= 15 is 0 Å². The van der Waals surface area contributed by atoms with E-state index in [4.69, 9.17) is 11.5 Å². The fraction of sp³-hybridized carbons (Fsp3) is 0.533. The number of amides is 1. The second kappa shape index (κ2) is 5.71. The van der Waals surface area contributed by atoms with E-state index in [2.05, 4.69) is 12.2 Å². The Bertz CT molecular complexity index is 494. The standard InChI is InChI=1S/C15H23N3O2/c1-10-4-6-15(20,7-5-10)9-18-14(19)12-3-2-11(16)8-13(12)17/h2-3,8,10,20H,4-7,9,16-17H2,1H3,(H,18,19). The summed E-state index contributed by atoms with van der Waals surface area (Å²) in [5.74, 6) is 0.383. The zero-order valence-electron chi connectivity index (χ0n) is 11.9. The van der Waals surface area contributed by atoms with Crippen LogP contribution in [0.25, 0.3) is 0 Å². The van der Waals surface area contributed by atoms with Gasteiger partial charge in [0.05, 0.1) is 11.2 Å². The summed E-state index contributed by atoms with van der Waals surface area (Å²) in [6, 6.07) is 4.81. The molecule has 0 bridgehead atoms. The summed E-state index contributed by atoms with van der Waals surface area (Å²) in [4.78, 5) is 12.1. The van der Waals surface area contributed by atoms with Crippen LogP contribution in [0.2, 0.25) is 0 Å². The van der Waals surface area contributed by atoms with E-state index in [1.807, 2.05) is 0 Å². The minimum absolute atomic E-state index is 0.266. The molecule has 1 aromatic carbocycles. The van der Waals surface area contributed by atoms with Crippen molar-refractivity contribution in [2.75, 3.05) is 18.0 Å². The van der Waals surface area contributed by atoms with E-state index in [1.165, 1.54) is 0 Å². The number of carbonyl (C=O) groups is 1. The third-order valence-corrected chi connectivity index (χ3v) is 4.10. The molecule has 0 atom stereocenters. The van der Waals surface area contributed by atoms with Crippen molar-refractivity contribution < 1.29 is 9.90 Å². The lowest BCUT2D eigenvalue weighted by atomic mass is 9.79. The molecule has 0 spiro atoms. The van der Waals surface area contributed by atoms with E-state index in [-0.39, 0.29) is 12.5 Å². The molecular formula is C15H23N3O2. The zero-order valence-corrected chi connectivity index (χ0v) is 11.9. The average molecular weight is 277 g/mol. The van der Waals surface area contributed by atoms with Gasteiger partial charge in [0.25, 0.3) is 5.91 Å². The highest BCUT2D eigenvalue weighted by Gasteiger charge is 2.32. The summed E-state index contributed by atoms with van der Waals surface area (Å²) in [7, 11) is 0. The fourth-order valence-electron chi connectivity index (χ4n) is 2.60. The number of nitrogen functional groups attached to an aromatic ring is 2. The van der Waals surface area contributed by atoms with Crippen LogP contribution in [0.15, 0.2) is 18.2 Å². The number of rotatable bonds is 3. The molecule has 20 heavy (non-hydrogen) atoms. The van der Waals surface area contributed by atoms with E-state index < -0.39 is 5.60 Å². The first-order chi connectivity index (χ1) is 9.39. The summed E-state index contributed by atoms with van der Waals surface area (Å²) in [6.45, 7) is 2.45. The Morgan fingerprint density at radius 3 is 2.65 bits per heavy atom. The normalized spacial score (nSPS) is 26.2. The lowest BCUT2D eigenvalue weighted by Gasteiger charge is -2.35. The maximum Gasteiger partial charge on any atom is 0.253 e. The first-order valence-corrected chi connectivity index (χ1v) is 7.05. The van der Waals surface area contributed by atoms with E-state index in [0.717, 1.165) is 25.7 Å². The summed E-state index contributed by atoms with van der Waals surface area (Å²) in [5.41, 5.74) is 11.9. The van der Waals surface area contributed by atoms with E-state index in [9.17, 15) is 9.90 Å². The van der Waals surface area contributed by atoms with Crippen LogP contribution in [0.4, 0.5) is 11.4 Å². The topological polar surface area (TPSA) is 101 Å². The SMILES string of the molecule is CC1CCC(O)(CNC(=O)c2ccc(N)cc2N)CC1. The number of carbonyl (C=O) groups excluding carboxylic acids is 1. The predicted octanol–water partition coefficient (Wildman–Crippen LogP) is 1.52. The largest absolute Gasteiger partial charge is 0.399 e. The van der Waals surface area contributed by atoms with E-state index in [1.54, 1.807) is 18.2 Å². The minimum atomic E-state index is -0.787. The molecule has 1 saturated carbocycles. The number of hydrogen-bond acceptors (Lipinski definition) is 4. The van der Waals surface area contributed by atoms with Crippen molar-refractivity contribution in [2.24, 2.45) is 5.92 Å². The second-order valence-corrected chi connectivity index (χ2v) is 5.94. The van der Waals surface area contributed by atoms with Crippen molar-refractivity contribution >= 4 is 17.3 Å². The Kier molecular flexibility index (Phi) is 4.18. The Hall–Kier alpha value is -1.75. The molecule has 0 aromatic heterocycles. The zero-order chi connectivity index (χ0) is 14.8. The van der Waals surface area contributed by atoms with Gasteiger partial charge >= 0.3 is 0 Å². The molecule has 1 amide bonds. The number of benzene rings is 1. The molecule has 1 aliphatic rings. The Balaban J connectivity index is 1.95. The van der Waals surface area contributed by atoms with Gasteiger partial charge in [0.1, 0.15) is 0 Å². The van der Waals surface area contributed by atoms with Gasteiger partial charge in [-0.25, -0.2) is 0 Å². The Labute approximate surface area is 119 Å². The van der Waals surface area contributed by atoms with Crippen LogP contribution < -0.4 is 16.8 Å². The van der Waals surface area contributed by atoms with Gasteiger partial charge in [0, 0.05) is 17.9 Å².